The van der Waals surface area contributed by atoms with Gasteiger partial charge in [0.25, 0.3) is 10.1 Å². The van der Waals surface area contributed by atoms with E-state index in [1.54, 1.807) is 12.1 Å². The number of anilines is 1. The van der Waals surface area contributed by atoms with Gasteiger partial charge in [0.2, 0.25) is 0 Å². The molecular weight excluding hydrogens is 262 g/mol. The Balaban J connectivity index is 2.17. The summed E-state index contributed by atoms with van der Waals surface area (Å²) in [6.45, 7) is 2.16. The summed E-state index contributed by atoms with van der Waals surface area (Å²) in [5, 5.41) is 0. The molecule has 0 aliphatic rings. The Labute approximate surface area is 116 Å². The highest BCUT2D eigenvalue weighted by atomic mass is 32.2. The second-order valence-corrected chi connectivity index (χ2v) is 6.27. The first-order valence-corrected chi connectivity index (χ1v) is 8.44. The zero-order valence-corrected chi connectivity index (χ0v) is 12.3. The van der Waals surface area contributed by atoms with Crippen LogP contribution in [-0.2, 0) is 14.4 Å². The van der Waals surface area contributed by atoms with Crippen LogP contribution in [0.1, 0.15) is 45.4 Å². The molecule has 1 rings (SSSR count). The first-order valence-electron chi connectivity index (χ1n) is 6.86. The van der Waals surface area contributed by atoms with Crippen molar-refractivity contribution in [3.8, 4) is 0 Å². The highest BCUT2D eigenvalue weighted by molar-refractivity contribution is 7.86. The third kappa shape index (κ3) is 7.85. The van der Waals surface area contributed by atoms with Crippen molar-refractivity contribution in [2.24, 2.45) is 0 Å². The maximum Gasteiger partial charge on any atom is 0.287 e. The van der Waals surface area contributed by atoms with Crippen LogP contribution in [0.2, 0.25) is 0 Å². The summed E-state index contributed by atoms with van der Waals surface area (Å²) in [5.41, 5.74) is 3.09. The maximum absolute atomic E-state index is 11.6. The van der Waals surface area contributed by atoms with E-state index in [1.165, 1.54) is 19.3 Å². The lowest BCUT2D eigenvalue weighted by Gasteiger charge is -2.07. The topological polar surface area (TPSA) is 55.4 Å². The lowest BCUT2D eigenvalue weighted by atomic mass is 10.1. The summed E-state index contributed by atoms with van der Waals surface area (Å²) < 4.78 is 28.0. The van der Waals surface area contributed by atoms with Crippen molar-refractivity contribution in [1.82, 2.24) is 0 Å². The molecule has 0 aromatic heterocycles. The van der Waals surface area contributed by atoms with E-state index in [0.29, 0.717) is 12.1 Å². The number of hydrogen-bond acceptors (Lipinski definition) is 4. The second kappa shape index (κ2) is 8.93. The molecule has 0 aliphatic carbocycles. The van der Waals surface area contributed by atoms with Crippen LogP contribution in [0.15, 0.2) is 30.3 Å². The van der Waals surface area contributed by atoms with Crippen molar-refractivity contribution in [2.75, 3.05) is 11.2 Å². The van der Waals surface area contributed by atoms with Crippen LogP contribution in [0.5, 0.6) is 0 Å². The summed E-state index contributed by atoms with van der Waals surface area (Å²) in [6, 6.07) is 8.98. The molecule has 0 atom stereocenters. The fourth-order valence-corrected chi connectivity index (χ4v) is 2.58. The highest BCUT2D eigenvalue weighted by Crippen LogP contribution is 2.09. The van der Waals surface area contributed by atoms with Crippen molar-refractivity contribution in [2.45, 2.75) is 45.4 Å². The fourth-order valence-electron chi connectivity index (χ4n) is 1.72. The van der Waals surface area contributed by atoms with Gasteiger partial charge in [0.15, 0.2) is 0 Å². The van der Waals surface area contributed by atoms with Gasteiger partial charge in [-0.1, -0.05) is 57.2 Å². The Hall–Kier alpha value is -1.07. The van der Waals surface area contributed by atoms with E-state index in [9.17, 15) is 8.42 Å². The molecule has 5 heteroatoms. The van der Waals surface area contributed by atoms with Gasteiger partial charge in [0, 0.05) is 0 Å². The Morgan fingerprint density at radius 1 is 1.00 bits per heavy atom. The molecule has 19 heavy (non-hydrogen) atoms. The van der Waals surface area contributed by atoms with Gasteiger partial charge < -0.3 is 0 Å². The zero-order valence-electron chi connectivity index (χ0n) is 11.5. The molecule has 0 fully saturated rings. The van der Waals surface area contributed by atoms with Crippen LogP contribution in [0.3, 0.4) is 0 Å². The average Bonchev–Trinajstić information content (AvgIpc) is 2.42. The molecule has 0 bridgehead atoms. The van der Waals surface area contributed by atoms with Gasteiger partial charge in [-0.25, -0.2) is 5.48 Å². The predicted molar refractivity (Wildman–Crippen MR) is 78.3 cm³/mol. The van der Waals surface area contributed by atoms with Crippen LogP contribution in [0, 0.1) is 0 Å². The zero-order chi connectivity index (χ0) is 14.0. The van der Waals surface area contributed by atoms with Crippen LogP contribution in [0.4, 0.5) is 5.69 Å². The van der Waals surface area contributed by atoms with Crippen LogP contribution >= 0.6 is 0 Å². The van der Waals surface area contributed by atoms with E-state index in [1.807, 2.05) is 18.2 Å². The Kier molecular flexibility index (Phi) is 7.52. The van der Waals surface area contributed by atoms with Crippen molar-refractivity contribution in [3.05, 3.63) is 30.3 Å². The Bertz CT molecular complexity index is 431. The fraction of sp³-hybridized carbons (Fsp3) is 0.571. The van der Waals surface area contributed by atoms with Crippen LogP contribution < -0.4 is 5.48 Å². The monoisotopic (exact) mass is 285 g/mol. The summed E-state index contributed by atoms with van der Waals surface area (Å²) in [5.74, 6) is 0.0684. The highest BCUT2D eigenvalue weighted by Gasteiger charge is 2.11. The van der Waals surface area contributed by atoms with Gasteiger partial charge in [0.1, 0.15) is 0 Å². The maximum atomic E-state index is 11.6. The minimum atomic E-state index is -3.48. The van der Waals surface area contributed by atoms with Gasteiger partial charge >= 0.3 is 0 Å². The molecule has 0 spiro atoms. The molecule has 0 heterocycles. The molecule has 0 radical (unpaired) electrons. The molecule has 1 N–H and O–H groups in total. The Morgan fingerprint density at radius 2 is 1.63 bits per heavy atom. The molecule has 0 saturated heterocycles. The SMILES string of the molecule is CCCCCCCCS(=O)(=O)ONc1ccccc1. The molecule has 0 aliphatic heterocycles. The molecule has 0 unspecified atom stereocenters. The Morgan fingerprint density at radius 3 is 2.32 bits per heavy atom. The standard InChI is InChI=1S/C14H23NO3S/c1-2-3-4-5-6-10-13-19(16,17)18-15-14-11-8-7-9-12-14/h7-9,11-12,15H,2-6,10,13H2,1H3. The van der Waals surface area contributed by atoms with Gasteiger partial charge in [-0.05, 0) is 18.6 Å². The molecule has 0 saturated carbocycles. The second-order valence-electron chi connectivity index (χ2n) is 4.58. The number of rotatable bonds is 10. The molecule has 108 valence electrons. The minimum absolute atomic E-state index is 0.0684. The van der Waals surface area contributed by atoms with Gasteiger partial charge in [-0.2, -0.15) is 12.7 Å². The lowest BCUT2D eigenvalue weighted by molar-refractivity contribution is 0.389. The first kappa shape index (κ1) is 16.0. The molecule has 0 amide bonds. The number of benzene rings is 1. The number of hydrogen-bond donors (Lipinski definition) is 1. The predicted octanol–water partition coefficient (Wildman–Crippen LogP) is 3.72. The minimum Gasteiger partial charge on any atom is -0.249 e. The summed E-state index contributed by atoms with van der Waals surface area (Å²) in [7, 11) is -3.48. The number of unbranched alkanes of at least 4 members (excludes halogenated alkanes) is 5. The first-order chi connectivity index (χ1) is 9.14. The summed E-state index contributed by atoms with van der Waals surface area (Å²) >= 11 is 0. The quantitative estimate of drug-likeness (QED) is 0.526. The normalized spacial score (nSPS) is 11.4. The third-order valence-electron chi connectivity index (χ3n) is 2.81. The summed E-state index contributed by atoms with van der Waals surface area (Å²) in [4.78, 5) is 0. The van der Waals surface area contributed by atoms with Crippen molar-refractivity contribution >= 4 is 15.8 Å². The van der Waals surface area contributed by atoms with E-state index < -0.39 is 10.1 Å². The third-order valence-corrected chi connectivity index (χ3v) is 3.93. The summed E-state index contributed by atoms with van der Waals surface area (Å²) in [6.07, 6.45) is 6.28. The molecule has 1 aromatic rings. The lowest BCUT2D eigenvalue weighted by Crippen LogP contribution is -2.14. The van der Waals surface area contributed by atoms with Crippen molar-refractivity contribution < 1.29 is 12.7 Å². The number of para-hydroxylation sites is 1. The van der Waals surface area contributed by atoms with Gasteiger partial charge in [0.05, 0.1) is 11.4 Å². The van der Waals surface area contributed by atoms with E-state index in [0.717, 1.165) is 12.8 Å². The van der Waals surface area contributed by atoms with E-state index in [-0.39, 0.29) is 5.75 Å². The van der Waals surface area contributed by atoms with Gasteiger partial charge in [-0.15, -0.1) is 0 Å². The van der Waals surface area contributed by atoms with Crippen LogP contribution in [0.25, 0.3) is 0 Å². The smallest absolute Gasteiger partial charge is 0.249 e. The van der Waals surface area contributed by atoms with E-state index in [2.05, 4.69) is 12.4 Å². The van der Waals surface area contributed by atoms with Crippen molar-refractivity contribution in [1.29, 1.82) is 0 Å². The molecular formula is C14H23NO3S. The van der Waals surface area contributed by atoms with E-state index >= 15 is 0 Å². The largest absolute Gasteiger partial charge is 0.287 e. The van der Waals surface area contributed by atoms with E-state index in [4.69, 9.17) is 4.28 Å². The van der Waals surface area contributed by atoms with Gasteiger partial charge in [-0.3, -0.25) is 0 Å². The number of nitrogens with one attached hydrogen (secondary N) is 1. The van der Waals surface area contributed by atoms with Crippen molar-refractivity contribution in [3.63, 3.8) is 0 Å². The molecule has 1 aromatic carbocycles. The average molecular weight is 285 g/mol. The molecule has 4 nitrogen and oxygen atoms in total. The van der Waals surface area contributed by atoms with Crippen LogP contribution in [-0.4, -0.2) is 14.2 Å².